The summed E-state index contributed by atoms with van der Waals surface area (Å²) in [6, 6.07) is 5.30. The van der Waals surface area contributed by atoms with Crippen molar-refractivity contribution < 1.29 is 55.2 Å². The molecule has 1 aromatic heterocycles. The molecule has 2 amide bonds. The van der Waals surface area contributed by atoms with Crippen LogP contribution in [-0.4, -0.2) is 80.4 Å². The van der Waals surface area contributed by atoms with Gasteiger partial charge >= 0.3 is 12.5 Å². The number of alkyl halides is 5. The molecule has 1 aliphatic carbocycles. The van der Waals surface area contributed by atoms with Crippen LogP contribution < -0.4 is 29.7 Å². The molecule has 4 aliphatic heterocycles. The van der Waals surface area contributed by atoms with E-state index >= 15 is 0 Å². The fraction of sp³-hybridized carbons (Fsp3) is 0.483. The zero-order chi connectivity index (χ0) is 32.5. The van der Waals surface area contributed by atoms with E-state index in [1.54, 1.807) is 12.1 Å². The molecule has 4 fully saturated rings. The number of anilines is 2. The molecule has 2 aromatic carbocycles. The van der Waals surface area contributed by atoms with Gasteiger partial charge in [-0.25, -0.2) is 4.98 Å². The fourth-order valence-electron chi connectivity index (χ4n) is 6.24. The predicted molar refractivity (Wildman–Crippen MR) is 153 cm³/mol. The maximum absolute atomic E-state index is 14.0. The normalized spacial score (nSPS) is 25.0. The highest BCUT2D eigenvalue weighted by atomic mass is 32.1. The topological polar surface area (TPSA) is 120 Å². The van der Waals surface area contributed by atoms with Gasteiger partial charge in [0.2, 0.25) is 0 Å². The standard InChI is InChI=1S/C29H27F5N4O7S/c1-41-18-3-2-16-22(46-25(36-16)38-8-10-42-11-9-38)21(18)24(40)35-17-13-20-19(44-29(33,34)45-20)12-15(17)23(39)37-26-4-6-27(7-5-26,43-14-26)28(30,31)32/h2-3,12-13H,4-11,14H2,1H3,(H,35,40)(H,37,39). The minimum Gasteiger partial charge on any atom is -0.496 e. The first-order chi connectivity index (χ1) is 21.8. The number of aromatic nitrogens is 1. The van der Waals surface area contributed by atoms with Gasteiger partial charge in [-0.3, -0.25) is 9.59 Å². The number of hydrogen-bond donors (Lipinski definition) is 2. The summed E-state index contributed by atoms with van der Waals surface area (Å²) in [6.45, 7) is 1.89. The second-order valence-electron chi connectivity index (χ2n) is 11.6. The second-order valence-corrected chi connectivity index (χ2v) is 12.5. The molecule has 5 heterocycles. The lowest BCUT2D eigenvalue weighted by Gasteiger charge is -2.53. The molecular weight excluding hydrogens is 643 g/mol. The van der Waals surface area contributed by atoms with E-state index in [1.807, 2.05) is 4.90 Å². The third kappa shape index (κ3) is 5.23. The molecule has 1 saturated carbocycles. The van der Waals surface area contributed by atoms with Gasteiger partial charge < -0.3 is 39.2 Å². The van der Waals surface area contributed by atoms with Gasteiger partial charge in [0.05, 0.1) is 53.9 Å². The lowest BCUT2D eigenvalue weighted by atomic mass is 9.70. The van der Waals surface area contributed by atoms with Crippen molar-refractivity contribution >= 4 is 44.2 Å². The van der Waals surface area contributed by atoms with Gasteiger partial charge in [0.25, 0.3) is 11.8 Å². The van der Waals surface area contributed by atoms with Crippen molar-refractivity contribution in [2.24, 2.45) is 0 Å². The Morgan fingerprint density at radius 2 is 1.72 bits per heavy atom. The highest BCUT2D eigenvalue weighted by Gasteiger charge is 2.63. The van der Waals surface area contributed by atoms with Crippen molar-refractivity contribution in [3.63, 3.8) is 0 Å². The largest absolute Gasteiger partial charge is 0.586 e. The van der Waals surface area contributed by atoms with Crippen molar-refractivity contribution in [2.45, 2.75) is 49.3 Å². The number of carbonyl (C=O) groups is 2. The quantitative estimate of drug-likeness (QED) is 0.346. The van der Waals surface area contributed by atoms with Crippen molar-refractivity contribution in [3.05, 3.63) is 35.4 Å². The van der Waals surface area contributed by atoms with E-state index in [0.717, 1.165) is 12.1 Å². The van der Waals surface area contributed by atoms with Crippen molar-refractivity contribution in [2.75, 3.05) is 50.2 Å². The molecule has 5 aliphatic rings. The van der Waals surface area contributed by atoms with Crippen LogP contribution >= 0.6 is 11.3 Å². The Morgan fingerprint density at radius 3 is 2.35 bits per heavy atom. The lowest BCUT2D eigenvalue weighted by Crippen LogP contribution is -2.66. The fourth-order valence-corrected chi connectivity index (χ4v) is 7.39. The van der Waals surface area contributed by atoms with E-state index in [9.17, 15) is 31.5 Å². The summed E-state index contributed by atoms with van der Waals surface area (Å²) in [5.41, 5.74) is -3.25. The average molecular weight is 671 g/mol. The minimum atomic E-state index is -4.56. The number of fused-ring (bicyclic) bond motifs is 5. The third-order valence-corrected chi connectivity index (χ3v) is 9.96. The summed E-state index contributed by atoms with van der Waals surface area (Å²) in [6.07, 6.45) is -9.31. The number of benzene rings is 2. The molecule has 2 bridgehead atoms. The van der Waals surface area contributed by atoms with E-state index < -0.39 is 53.5 Å². The molecule has 0 radical (unpaired) electrons. The molecule has 17 heteroatoms. The number of halogens is 5. The lowest BCUT2D eigenvalue weighted by molar-refractivity contribution is -0.317. The summed E-state index contributed by atoms with van der Waals surface area (Å²) in [5.74, 6) is -2.25. The van der Waals surface area contributed by atoms with Crippen molar-refractivity contribution in [1.82, 2.24) is 10.3 Å². The monoisotopic (exact) mass is 670 g/mol. The van der Waals surface area contributed by atoms with Gasteiger partial charge in [-0.15, -0.1) is 8.78 Å². The molecule has 46 heavy (non-hydrogen) atoms. The first kappa shape index (κ1) is 30.7. The molecule has 2 N–H and O–H groups in total. The SMILES string of the molecule is COc1ccc2nc(N3CCOCC3)sc2c1C(=O)Nc1cc2c(cc1C(=O)NC13CCC(C(F)(F)F)(CC1)OC3)OC(F)(F)O2. The molecule has 11 nitrogen and oxygen atoms in total. The molecule has 0 unspecified atom stereocenters. The Kier molecular flexibility index (Phi) is 7.21. The molecule has 0 spiro atoms. The number of nitrogens with one attached hydrogen (secondary N) is 2. The van der Waals surface area contributed by atoms with Crippen LogP contribution in [0.4, 0.5) is 32.8 Å². The summed E-state index contributed by atoms with van der Waals surface area (Å²) in [5, 5.41) is 6.04. The Balaban J connectivity index is 1.21. The smallest absolute Gasteiger partial charge is 0.496 e. The van der Waals surface area contributed by atoms with Crippen LogP contribution in [0.5, 0.6) is 17.2 Å². The van der Waals surface area contributed by atoms with Crippen LogP contribution in [0.2, 0.25) is 0 Å². The summed E-state index contributed by atoms with van der Waals surface area (Å²) in [7, 11) is 1.38. The van der Waals surface area contributed by atoms with Crippen LogP contribution in [0, 0.1) is 0 Å². The van der Waals surface area contributed by atoms with E-state index in [2.05, 4.69) is 25.1 Å². The molecule has 8 rings (SSSR count). The highest BCUT2D eigenvalue weighted by molar-refractivity contribution is 7.22. The summed E-state index contributed by atoms with van der Waals surface area (Å²) in [4.78, 5) is 34.3. The second kappa shape index (κ2) is 10.8. The van der Waals surface area contributed by atoms with Crippen LogP contribution in [0.3, 0.4) is 0 Å². The Labute approximate surface area is 261 Å². The van der Waals surface area contributed by atoms with Gasteiger partial charge in [-0.2, -0.15) is 13.2 Å². The molecule has 246 valence electrons. The van der Waals surface area contributed by atoms with Crippen LogP contribution in [0.15, 0.2) is 24.3 Å². The number of nitrogens with zero attached hydrogens (tertiary/aromatic N) is 2. The van der Waals surface area contributed by atoms with E-state index in [1.165, 1.54) is 18.4 Å². The molecule has 3 saturated heterocycles. The first-order valence-corrected chi connectivity index (χ1v) is 15.2. The Bertz CT molecular complexity index is 1700. The van der Waals surface area contributed by atoms with Crippen LogP contribution in [0.25, 0.3) is 10.2 Å². The van der Waals surface area contributed by atoms with Crippen LogP contribution in [-0.2, 0) is 9.47 Å². The number of hydrogen-bond acceptors (Lipinski definition) is 10. The van der Waals surface area contributed by atoms with Gasteiger partial charge in [0.1, 0.15) is 11.3 Å². The maximum Gasteiger partial charge on any atom is 0.586 e. The summed E-state index contributed by atoms with van der Waals surface area (Å²) >= 11 is 1.26. The first-order valence-electron chi connectivity index (χ1n) is 14.4. The molecule has 3 aromatic rings. The Morgan fingerprint density at radius 1 is 1.02 bits per heavy atom. The molecular formula is C29H27F5N4O7S. The zero-order valence-corrected chi connectivity index (χ0v) is 25.0. The van der Waals surface area contributed by atoms with E-state index in [-0.39, 0.29) is 48.2 Å². The highest BCUT2D eigenvalue weighted by Crippen LogP contribution is 2.52. The molecule has 0 atom stereocenters. The van der Waals surface area contributed by atoms with Crippen molar-refractivity contribution in [3.8, 4) is 17.2 Å². The summed E-state index contributed by atoms with van der Waals surface area (Å²) < 4.78 is 94.8. The predicted octanol–water partition coefficient (Wildman–Crippen LogP) is 5.09. The van der Waals surface area contributed by atoms with Gasteiger partial charge in [-0.05, 0) is 43.9 Å². The van der Waals surface area contributed by atoms with Gasteiger partial charge in [-0.1, -0.05) is 11.3 Å². The zero-order valence-electron chi connectivity index (χ0n) is 24.2. The Hall–Kier alpha value is -3.96. The van der Waals surface area contributed by atoms with Gasteiger partial charge in [0, 0.05) is 19.2 Å². The number of amides is 2. The van der Waals surface area contributed by atoms with E-state index in [0.29, 0.717) is 41.7 Å². The number of carbonyl (C=O) groups excluding carboxylic acids is 2. The van der Waals surface area contributed by atoms with Crippen molar-refractivity contribution in [1.29, 1.82) is 0 Å². The van der Waals surface area contributed by atoms with E-state index in [4.69, 9.17) is 14.2 Å². The number of morpholine rings is 1. The number of rotatable bonds is 6. The number of thiazole rings is 1. The third-order valence-electron chi connectivity index (χ3n) is 8.81. The average Bonchev–Trinajstić information content (AvgIpc) is 3.59. The number of ether oxygens (including phenoxy) is 5. The minimum absolute atomic E-state index is 0.0153. The van der Waals surface area contributed by atoms with Crippen LogP contribution in [0.1, 0.15) is 46.4 Å². The van der Waals surface area contributed by atoms with Gasteiger partial charge in [0.15, 0.2) is 22.2 Å². The number of methoxy groups -OCH3 is 1. The maximum atomic E-state index is 14.0.